The molecular weight excluding hydrogens is 787 g/mol. The number of nitrogens with zero attached hydrogens (tertiary/aromatic N) is 1. The van der Waals surface area contributed by atoms with Crippen molar-refractivity contribution in [3.63, 3.8) is 0 Å². The van der Waals surface area contributed by atoms with Crippen LogP contribution in [0.4, 0.5) is 0 Å². The Balaban J connectivity index is 4.28. The summed E-state index contributed by atoms with van der Waals surface area (Å²) in [6.07, 6.45) is 57.0. The van der Waals surface area contributed by atoms with Crippen LogP contribution in [0.25, 0.3) is 0 Å². The Labute approximate surface area is 388 Å². The molecule has 0 saturated heterocycles. The molecule has 0 amide bonds. The lowest BCUT2D eigenvalue weighted by molar-refractivity contribution is -0.887. The number of carbonyl (C=O) groups excluding carboxylic acids is 2. The maximum Gasteiger partial charge on any atom is 0.362 e. The zero-order valence-corrected chi connectivity index (χ0v) is 41.5. The number of carbonyl (C=O) groups is 3. The quantitative estimate of drug-likeness (QED) is 0.0281. The van der Waals surface area contributed by atoms with Gasteiger partial charge in [0.25, 0.3) is 0 Å². The number of unbranched alkanes of at least 4 members (excludes halogenated alkanes) is 22. The minimum atomic E-state index is -0.878. The molecule has 0 aromatic carbocycles. The largest absolute Gasteiger partial charge is 0.477 e. The lowest BCUT2D eigenvalue weighted by Gasteiger charge is -2.31. The van der Waals surface area contributed by atoms with Crippen LogP contribution in [-0.4, -0.2) is 80.6 Å². The van der Waals surface area contributed by atoms with Gasteiger partial charge < -0.3 is 23.8 Å². The Hall–Kier alpha value is -2.97. The first-order chi connectivity index (χ1) is 30.6. The topological polar surface area (TPSA) is 99.1 Å². The van der Waals surface area contributed by atoms with Crippen LogP contribution in [0.3, 0.4) is 0 Å². The summed E-state index contributed by atoms with van der Waals surface area (Å²) >= 11 is 0. The van der Waals surface area contributed by atoms with Gasteiger partial charge in [-0.1, -0.05) is 184 Å². The van der Waals surface area contributed by atoms with Gasteiger partial charge >= 0.3 is 17.9 Å². The van der Waals surface area contributed by atoms with Crippen LogP contribution in [0.5, 0.6) is 0 Å². The Morgan fingerprint density at radius 2 is 0.889 bits per heavy atom. The van der Waals surface area contributed by atoms with E-state index in [2.05, 4.69) is 74.6 Å². The monoisotopic (exact) mass is 885 g/mol. The summed E-state index contributed by atoms with van der Waals surface area (Å²) in [5.41, 5.74) is 0. The molecule has 8 nitrogen and oxygen atoms in total. The fraction of sp³-hybridized carbons (Fsp3) is 0.764. The van der Waals surface area contributed by atoms with Gasteiger partial charge in [0.15, 0.2) is 12.1 Å². The highest BCUT2D eigenvalue weighted by Gasteiger charge is 2.31. The molecule has 2 atom stereocenters. The lowest BCUT2D eigenvalue weighted by Crippen LogP contribution is -2.50. The highest BCUT2D eigenvalue weighted by atomic mass is 16.6. The number of rotatable bonds is 46. The molecule has 0 aromatic heterocycles. The molecule has 8 heteroatoms. The highest BCUT2D eigenvalue weighted by molar-refractivity contribution is 5.72. The van der Waals surface area contributed by atoms with Crippen LogP contribution < -0.4 is 0 Å². The molecule has 0 aliphatic rings. The Morgan fingerprint density at radius 1 is 0.492 bits per heavy atom. The maximum absolute atomic E-state index is 12.8. The van der Waals surface area contributed by atoms with Crippen molar-refractivity contribution in [3.05, 3.63) is 60.8 Å². The third-order valence-corrected chi connectivity index (χ3v) is 11.4. The average molecular weight is 885 g/mol. The van der Waals surface area contributed by atoms with E-state index < -0.39 is 18.1 Å². The first kappa shape index (κ1) is 60.0. The smallest absolute Gasteiger partial charge is 0.362 e. The molecule has 0 radical (unpaired) electrons. The first-order valence-corrected chi connectivity index (χ1v) is 25.8. The molecule has 0 heterocycles. The number of hydrogen-bond donors (Lipinski definition) is 1. The van der Waals surface area contributed by atoms with E-state index in [1.54, 1.807) is 0 Å². The van der Waals surface area contributed by atoms with Crippen LogP contribution in [0.2, 0.25) is 0 Å². The van der Waals surface area contributed by atoms with Gasteiger partial charge in [-0.2, -0.15) is 0 Å². The molecule has 0 fully saturated rings. The summed E-state index contributed by atoms with van der Waals surface area (Å²) in [5.74, 6) is -1.49. The number of allylic oxidation sites excluding steroid dienone is 10. The molecular formula is C55H98NO7+. The molecule has 0 saturated carbocycles. The van der Waals surface area contributed by atoms with Crippen molar-refractivity contribution in [1.29, 1.82) is 0 Å². The van der Waals surface area contributed by atoms with Crippen molar-refractivity contribution in [2.75, 3.05) is 41.0 Å². The highest BCUT2D eigenvalue weighted by Crippen LogP contribution is 2.15. The van der Waals surface area contributed by atoms with E-state index in [-0.39, 0.29) is 36.2 Å². The van der Waals surface area contributed by atoms with Crippen LogP contribution >= 0.6 is 0 Å². The summed E-state index contributed by atoms with van der Waals surface area (Å²) in [4.78, 5) is 37.2. The SMILES string of the molecule is CC/C=C/C/C=C/C/C=C/C/C=C/CCCCCCCCC(=O)OCC(COCCC(C(=O)O)[N+](C)(C)C)OC(=O)CCCCCCCCC/C=C/CCCCCCCCCCC. The number of aliphatic carboxylic acids is 1. The molecule has 0 rings (SSSR count). The third kappa shape index (κ3) is 44.0. The first-order valence-electron chi connectivity index (χ1n) is 25.8. The number of hydrogen-bond acceptors (Lipinski definition) is 6. The molecule has 1 N–H and O–H groups in total. The minimum absolute atomic E-state index is 0.0534. The zero-order chi connectivity index (χ0) is 46.3. The number of likely N-dealkylation sites (N-methyl/N-ethyl adjacent to an activating group) is 1. The Morgan fingerprint density at radius 3 is 1.33 bits per heavy atom. The standard InChI is InChI=1S/C55H97NO7/c1-6-8-10-12-14-16-18-20-22-24-26-28-30-32-34-36-38-40-42-44-46-54(58)63-51(49-61-48-47-52(55(59)60)56(3,4)5)50-62-53(57)45-43-41-39-37-35-33-31-29-27-25-23-21-19-17-15-13-11-9-7-2/h9,11,15,17,21,23,26-29,51-52H,6-8,10,12-14,16,18-20,22,24-25,30-50H2,1-5H3/p+1/b11-9+,17-15+,23-21+,28-26+,29-27+. The third-order valence-electron chi connectivity index (χ3n) is 11.4. The minimum Gasteiger partial charge on any atom is -0.477 e. The molecule has 63 heavy (non-hydrogen) atoms. The van der Waals surface area contributed by atoms with Gasteiger partial charge in [-0.05, 0) is 77.0 Å². The second-order valence-electron chi connectivity index (χ2n) is 18.4. The lowest BCUT2D eigenvalue weighted by atomic mass is 10.1. The Kier molecular flexibility index (Phi) is 43.4. The van der Waals surface area contributed by atoms with Crippen LogP contribution in [0.15, 0.2) is 60.8 Å². The molecule has 364 valence electrons. The second kappa shape index (κ2) is 45.6. The Bertz CT molecular complexity index is 1210. The molecule has 0 bridgehead atoms. The molecule has 0 aliphatic carbocycles. The summed E-state index contributed by atoms with van der Waals surface area (Å²) < 4.78 is 17.3. The molecule has 2 unspecified atom stereocenters. The number of esters is 2. The van der Waals surface area contributed by atoms with Crippen molar-refractivity contribution < 1.29 is 38.2 Å². The van der Waals surface area contributed by atoms with Crippen LogP contribution in [0, 0.1) is 0 Å². The number of carboxylic acid groups (broad SMARTS) is 1. The summed E-state index contributed by atoms with van der Waals surface area (Å²) in [5, 5.41) is 9.66. The normalized spacial score (nSPS) is 13.3. The van der Waals surface area contributed by atoms with Gasteiger partial charge in [0.05, 0.1) is 34.4 Å². The number of ether oxygens (including phenoxy) is 3. The zero-order valence-electron chi connectivity index (χ0n) is 41.5. The van der Waals surface area contributed by atoms with E-state index in [0.29, 0.717) is 19.3 Å². The summed E-state index contributed by atoms with van der Waals surface area (Å²) in [6.45, 7) is 4.62. The van der Waals surface area contributed by atoms with Gasteiger partial charge in [0.1, 0.15) is 6.61 Å². The molecule has 0 spiro atoms. The van der Waals surface area contributed by atoms with Crippen molar-refractivity contribution in [3.8, 4) is 0 Å². The fourth-order valence-corrected chi connectivity index (χ4v) is 7.43. The second-order valence-corrected chi connectivity index (χ2v) is 18.4. The van der Waals surface area contributed by atoms with Crippen molar-refractivity contribution in [1.82, 2.24) is 0 Å². The van der Waals surface area contributed by atoms with E-state index in [4.69, 9.17) is 14.2 Å². The van der Waals surface area contributed by atoms with Gasteiger partial charge in [-0.25, -0.2) is 4.79 Å². The van der Waals surface area contributed by atoms with E-state index in [0.717, 1.165) is 77.0 Å². The number of carboxylic acids is 1. The average Bonchev–Trinajstić information content (AvgIpc) is 3.24. The van der Waals surface area contributed by atoms with Gasteiger partial charge in [0.2, 0.25) is 0 Å². The van der Waals surface area contributed by atoms with Gasteiger partial charge in [-0.15, -0.1) is 0 Å². The van der Waals surface area contributed by atoms with Gasteiger partial charge in [-0.3, -0.25) is 9.59 Å². The molecule has 0 aliphatic heterocycles. The number of quaternary nitrogens is 1. The summed E-state index contributed by atoms with van der Waals surface area (Å²) in [7, 11) is 5.53. The fourth-order valence-electron chi connectivity index (χ4n) is 7.43. The van der Waals surface area contributed by atoms with Gasteiger partial charge in [0, 0.05) is 19.3 Å². The van der Waals surface area contributed by atoms with E-state index >= 15 is 0 Å². The summed E-state index contributed by atoms with van der Waals surface area (Å²) in [6, 6.07) is -0.620. The van der Waals surface area contributed by atoms with Crippen LogP contribution in [0.1, 0.15) is 219 Å². The predicted octanol–water partition coefficient (Wildman–Crippen LogP) is 14.9. The van der Waals surface area contributed by atoms with Crippen molar-refractivity contribution in [2.24, 2.45) is 0 Å². The molecule has 0 aromatic rings. The van der Waals surface area contributed by atoms with Crippen molar-refractivity contribution >= 4 is 17.9 Å². The van der Waals surface area contributed by atoms with Crippen LogP contribution in [-0.2, 0) is 28.6 Å². The van der Waals surface area contributed by atoms with E-state index in [1.165, 1.54) is 109 Å². The van der Waals surface area contributed by atoms with E-state index in [9.17, 15) is 19.5 Å². The maximum atomic E-state index is 12.8. The van der Waals surface area contributed by atoms with Crippen molar-refractivity contribution in [2.45, 2.75) is 231 Å². The predicted molar refractivity (Wildman–Crippen MR) is 266 cm³/mol. The van der Waals surface area contributed by atoms with E-state index in [1.807, 2.05) is 21.1 Å².